The highest BCUT2D eigenvalue weighted by atomic mass is 19.1. The Morgan fingerprint density at radius 3 is 2.75 bits per heavy atom. The van der Waals surface area contributed by atoms with Gasteiger partial charge in [0.05, 0.1) is 17.6 Å². The Kier molecular flexibility index (Phi) is 2.65. The van der Waals surface area contributed by atoms with Gasteiger partial charge in [-0.05, 0) is 18.2 Å². The molecule has 2 heterocycles. The summed E-state index contributed by atoms with van der Waals surface area (Å²) < 4.78 is 12.9. The third-order valence-corrected chi connectivity index (χ3v) is 2.03. The maximum absolute atomic E-state index is 12.9. The van der Waals surface area contributed by atoms with Crippen molar-refractivity contribution in [3.63, 3.8) is 0 Å². The zero-order valence-electron chi connectivity index (χ0n) is 8.34. The quantitative estimate of drug-likeness (QED) is 0.450. The van der Waals surface area contributed by atoms with Crippen molar-refractivity contribution in [3.05, 3.63) is 42.6 Å². The number of hydrogen-bond donors (Lipinski definition) is 2. The Morgan fingerprint density at radius 1 is 1.25 bits per heavy atom. The summed E-state index contributed by atoms with van der Waals surface area (Å²) in [6.07, 6.45) is 3.01. The van der Waals surface area contributed by atoms with Crippen LogP contribution in [0.1, 0.15) is 0 Å². The molecule has 2 rings (SSSR count). The van der Waals surface area contributed by atoms with Crippen LogP contribution in [0.3, 0.4) is 0 Å². The second kappa shape index (κ2) is 4.11. The molecular formula is C10H10FN5. The van der Waals surface area contributed by atoms with E-state index in [1.165, 1.54) is 23.3 Å². The molecule has 0 fully saturated rings. The molecule has 2 aromatic rings. The highest BCUT2D eigenvalue weighted by Gasteiger charge is 2.09. The van der Waals surface area contributed by atoms with Gasteiger partial charge in [0, 0.05) is 6.20 Å². The summed E-state index contributed by atoms with van der Waals surface area (Å²) in [7, 11) is 0. The van der Waals surface area contributed by atoms with Gasteiger partial charge < -0.3 is 5.73 Å². The molecule has 16 heavy (non-hydrogen) atoms. The minimum Gasteiger partial charge on any atom is -0.396 e. The summed E-state index contributed by atoms with van der Waals surface area (Å²) in [6.45, 7) is 0. The van der Waals surface area contributed by atoms with E-state index >= 15 is 0 Å². The van der Waals surface area contributed by atoms with Gasteiger partial charge in [0.25, 0.3) is 0 Å². The van der Waals surface area contributed by atoms with Crippen LogP contribution in [0.2, 0.25) is 0 Å². The Morgan fingerprint density at radius 2 is 2.06 bits per heavy atom. The van der Waals surface area contributed by atoms with Crippen molar-refractivity contribution >= 4 is 17.2 Å². The van der Waals surface area contributed by atoms with E-state index in [1.54, 1.807) is 18.3 Å². The topological polar surface area (TPSA) is 81.1 Å². The van der Waals surface area contributed by atoms with Gasteiger partial charge in [-0.25, -0.2) is 10.8 Å². The van der Waals surface area contributed by atoms with Crippen LogP contribution in [-0.2, 0) is 0 Å². The zero-order chi connectivity index (χ0) is 11.5. The largest absolute Gasteiger partial charge is 0.396 e. The molecule has 0 radical (unpaired) electrons. The second-order valence-corrected chi connectivity index (χ2v) is 3.12. The summed E-state index contributed by atoms with van der Waals surface area (Å²) in [4.78, 5) is 7.49. The van der Waals surface area contributed by atoms with E-state index in [2.05, 4.69) is 9.97 Å². The molecule has 0 aromatic carbocycles. The lowest BCUT2D eigenvalue weighted by Crippen LogP contribution is -2.27. The molecule has 0 aliphatic carbocycles. The average Bonchev–Trinajstić information content (AvgIpc) is 2.29. The van der Waals surface area contributed by atoms with Crippen LogP contribution in [0.5, 0.6) is 0 Å². The molecule has 0 amide bonds. The molecule has 0 aliphatic rings. The lowest BCUT2D eigenvalue weighted by molar-refractivity contribution is 0.583. The molecule has 0 spiro atoms. The van der Waals surface area contributed by atoms with Crippen LogP contribution in [0.25, 0.3) is 0 Å². The number of nitrogen functional groups attached to an aromatic ring is 1. The first-order chi connectivity index (χ1) is 7.68. The number of hydrazine groups is 1. The zero-order valence-corrected chi connectivity index (χ0v) is 8.34. The molecule has 82 valence electrons. The van der Waals surface area contributed by atoms with Crippen LogP contribution in [0.4, 0.5) is 21.6 Å². The summed E-state index contributed by atoms with van der Waals surface area (Å²) in [6, 6.07) is 5.98. The second-order valence-electron chi connectivity index (χ2n) is 3.12. The fourth-order valence-electron chi connectivity index (χ4n) is 1.27. The van der Waals surface area contributed by atoms with Crippen molar-refractivity contribution in [2.24, 2.45) is 5.84 Å². The fourth-order valence-corrected chi connectivity index (χ4v) is 1.27. The van der Waals surface area contributed by atoms with Gasteiger partial charge in [0.15, 0.2) is 5.82 Å². The van der Waals surface area contributed by atoms with Crippen molar-refractivity contribution in [1.82, 2.24) is 9.97 Å². The number of halogens is 1. The number of aromatic nitrogens is 2. The molecule has 4 N–H and O–H groups in total. The van der Waals surface area contributed by atoms with Crippen LogP contribution in [0, 0.1) is 5.95 Å². The van der Waals surface area contributed by atoms with Gasteiger partial charge in [-0.3, -0.25) is 9.99 Å². The summed E-state index contributed by atoms with van der Waals surface area (Å²) >= 11 is 0. The summed E-state index contributed by atoms with van der Waals surface area (Å²) in [5, 5.41) is 1.21. The van der Waals surface area contributed by atoms with Crippen molar-refractivity contribution in [3.8, 4) is 0 Å². The van der Waals surface area contributed by atoms with Gasteiger partial charge in [-0.1, -0.05) is 6.07 Å². The van der Waals surface area contributed by atoms with E-state index in [0.717, 1.165) is 0 Å². The molecule has 0 saturated carbocycles. The molecule has 2 aromatic heterocycles. The van der Waals surface area contributed by atoms with E-state index in [9.17, 15) is 4.39 Å². The van der Waals surface area contributed by atoms with E-state index < -0.39 is 5.95 Å². The maximum atomic E-state index is 12.9. The van der Waals surface area contributed by atoms with Crippen molar-refractivity contribution in [2.45, 2.75) is 0 Å². The number of rotatable bonds is 2. The van der Waals surface area contributed by atoms with E-state index in [0.29, 0.717) is 11.4 Å². The molecule has 6 heteroatoms. The SMILES string of the molecule is Nc1cnccc1N(N)c1cccc(F)n1. The van der Waals surface area contributed by atoms with Crippen LogP contribution >= 0.6 is 0 Å². The standard InChI is InChI=1S/C10H10FN5/c11-9-2-1-3-10(15-9)16(13)8-4-5-14-6-7(8)12/h1-6H,12-13H2. The third-order valence-electron chi connectivity index (χ3n) is 2.03. The monoisotopic (exact) mass is 219 g/mol. The predicted octanol–water partition coefficient (Wildman–Crippen LogP) is 1.21. The number of anilines is 3. The van der Waals surface area contributed by atoms with E-state index in [4.69, 9.17) is 11.6 Å². The first-order valence-electron chi connectivity index (χ1n) is 4.55. The normalized spacial score (nSPS) is 10.1. The molecule has 0 aliphatic heterocycles. The fraction of sp³-hybridized carbons (Fsp3) is 0. The first-order valence-corrected chi connectivity index (χ1v) is 4.55. The Bertz CT molecular complexity index is 502. The number of nitrogens with zero attached hydrogens (tertiary/aromatic N) is 3. The minimum absolute atomic E-state index is 0.276. The van der Waals surface area contributed by atoms with Gasteiger partial charge in [0.2, 0.25) is 5.95 Å². The van der Waals surface area contributed by atoms with Crippen molar-refractivity contribution in [2.75, 3.05) is 10.7 Å². The Hall–Kier alpha value is -2.21. The predicted molar refractivity (Wildman–Crippen MR) is 59.2 cm³/mol. The van der Waals surface area contributed by atoms with Gasteiger partial charge in [-0.2, -0.15) is 4.39 Å². The molecule has 0 saturated heterocycles. The van der Waals surface area contributed by atoms with E-state index in [1.807, 2.05) is 0 Å². The van der Waals surface area contributed by atoms with Crippen LogP contribution in [0.15, 0.2) is 36.7 Å². The molecule has 0 unspecified atom stereocenters. The average molecular weight is 219 g/mol. The van der Waals surface area contributed by atoms with Gasteiger partial charge in [-0.15, -0.1) is 0 Å². The third kappa shape index (κ3) is 1.91. The van der Waals surface area contributed by atoms with Crippen molar-refractivity contribution < 1.29 is 4.39 Å². The highest BCUT2D eigenvalue weighted by molar-refractivity contribution is 5.71. The van der Waals surface area contributed by atoms with E-state index in [-0.39, 0.29) is 5.82 Å². The number of hydrogen-bond acceptors (Lipinski definition) is 5. The van der Waals surface area contributed by atoms with Crippen LogP contribution < -0.4 is 16.6 Å². The van der Waals surface area contributed by atoms with Crippen LogP contribution in [-0.4, -0.2) is 9.97 Å². The van der Waals surface area contributed by atoms with Gasteiger partial charge in [0.1, 0.15) is 0 Å². The Labute approximate surface area is 91.5 Å². The summed E-state index contributed by atoms with van der Waals surface area (Å²) in [5.74, 6) is 5.46. The molecular weight excluding hydrogens is 209 g/mol. The maximum Gasteiger partial charge on any atom is 0.214 e. The minimum atomic E-state index is -0.597. The smallest absolute Gasteiger partial charge is 0.214 e. The summed E-state index contributed by atoms with van der Waals surface area (Å²) in [5.41, 5.74) is 6.61. The Balaban J connectivity index is 2.39. The molecule has 0 bridgehead atoms. The highest BCUT2D eigenvalue weighted by Crippen LogP contribution is 2.24. The number of nitrogens with two attached hydrogens (primary N) is 2. The number of pyridine rings is 2. The lowest BCUT2D eigenvalue weighted by Gasteiger charge is -2.18. The molecule has 5 nitrogen and oxygen atoms in total. The van der Waals surface area contributed by atoms with Crippen molar-refractivity contribution in [1.29, 1.82) is 0 Å². The lowest BCUT2D eigenvalue weighted by atomic mass is 10.3. The first kappa shape index (κ1) is 10.3. The molecule has 0 atom stereocenters. The van der Waals surface area contributed by atoms with Gasteiger partial charge >= 0.3 is 0 Å².